The third-order valence-electron chi connectivity index (χ3n) is 2.14. The van der Waals surface area contributed by atoms with Crippen molar-refractivity contribution in [3.05, 3.63) is 39.8 Å². The molecule has 0 aliphatic carbocycles. The quantitative estimate of drug-likeness (QED) is 0.320. The van der Waals surface area contributed by atoms with Crippen LogP contribution in [0.1, 0.15) is 11.7 Å². The summed E-state index contributed by atoms with van der Waals surface area (Å²) in [7, 11) is 0. The first-order valence-electron chi connectivity index (χ1n) is 4.58. The van der Waals surface area contributed by atoms with Crippen LogP contribution in [0.2, 0.25) is 0 Å². The lowest BCUT2D eigenvalue weighted by molar-refractivity contribution is 0.0245. The smallest absolute Gasteiger partial charge is 0.149 e. The molecule has 0 bridgehead atoms. The van der Waals surface area contributed by atoms with E-state index in [-0.39, 0.29) is 5.56 Å². The van der Waals surface area contributed by atoms with Gasteiger partial charge < -0.3 is 15.9 Å². The number of azide groups is 1. The molecule has 1 aromatic rings. The van der Waals surface area contributed by atoms with Crippen molar-refractivity contribution in [2.45, 2.75) is 12.2 Å². The van der Waals surface area contributed by atoms with Gasteiger partial charge in [0.2, 0.25) is 0 Å². The number of rotatable bonds is 4. The Morgan fingerprint density at radius 1 is 1.41 bits per heavy atom. The van der Waals surface area contributed by atoms with Crippen molar-refractivity contribution in [3.8, 4) is 0 Å². The summed E-state index contributed by atoms with van der Waals surface area (Å²) in [5.74, 6) is -1.96. The second kappa shape index (κ2) is 5.44. The number of nitrogens with two attached hydrogens (primary N) is 1. The molecule has 0 fully saturated rings. The minimum absolute atomic E-state index is 0.289. The van der Waals surface area contributed by atoms with E-state index in [4.69, 9.17) is 11.3 Å². The minimum atomic E-state index is -1.63. The third kappa shape index (κ3) is 3.04. The van der Waals surface area contributed by atoms with Crippen LogP contribution in [0, 0.1) is 11.6 Å². The van der Waals surface area contributed by atoms with Crippen molar-refractivity contribution in [3.63, 3.8) is 0 Å². The fraction of sp³-hybridized carbons (Fsp3) is 0.333. The van der Waals surface area contributed by atoms with Gasteiger partial charge >= 0.3 is 0 Å². The van der Waals surface area contributed by atoms with Gasteiger partial charge in [-0.15, -0.1) is 0 Å². The van der Waals surface area contributed by atoms with Gasteiger partial charge in [0.15, 0.2) is 0 Å². The van der Waals surface area contributed by atoms with Crippen LogP contribution in [-0.2, 0) is 0 Å². The van der Waals surface area contributed by atoms with Crippen LogP contribution in [0.3, 0.4) is 0 Å². The molecule has 0 heterocycles. The number of aliphatic hydroxyl groups is 2. The van der Waals surface area contributed by atoms with Gasteiger partial charge in [0, 0.05) is 16.5 Å². The topological polar surface area (TPSA) is 115 Å². The number of hydrogen-bond donors (Lipinski definition) is 3. The van der Waals surface area contributed by atoms with E-state index in [1.54, 1.807) is 0 Å². The van der Waals surface area contributed by atoms with Crippen molar-refractivity contribution in [2.24, 2.45) is 5.11 Å². The largest absolute Gasteiger partial charge is 0.396 e. The molecule has 2 unspecified atom stereocenters. The summed E-state index contributed by atoms with van der Waals surface area (Å²) >= 11 is 0. The van der Waals surface area contributed by atoms with Gasteiger partial charge in [-0.3, -0.25) is 0 Å². The standard InChI is InChI=1S/C9H10F2N4O2/c10-4-1-5(8(12)6(11)2-4)9(17)7(16)3-14-15-13/h1-2,7,9,16-17H,3,12H2. The van der Waals surface area contributed by atoms with E-state index in [0.717, 1.165) is 6.07 Å². The Bertz CT molecular complexity index is 463. The first kappa shape index (κ1) is 13.2. The SMILES string of the molecule is [N-]=[N+]=NCC(O)C(O)c1cc(F)cc(F)c1N. The van der Waals surface area contributed by atoms with Crippen molar-refractivity contribution in [1.82, 2.24) is 0 Å². The average molecular weight is 244 g/mol. The molecule has 6 nitrogen and oxygen atoms in total. The number of nitrogens with zero attached hydrogens (tertiary/aromatic N) is 3. The molecule has 0 amide bonds. The molecule has 0 aliphatic heterocycles. The molecule has 17 heavy (non-hydrogen) atoms. The maximum absolute atomic E-state index is 13.1. The van der Waals surface area contributed by atoms with Crippen LogP contribution in [0.15, 0.2) is 17.2 Å². The third-order valence-corrected chi connectivity index (χ3v) is 2.14. The highest BCUT2D eigenvalue weighted by Crippen LogP contribution is 2.26. The summed E-state index contributed by atoms with van der Waals surface area (Å²) < 4.78 is 26.0. The molecule has 4 N–H and O–H groups in total. The highest BCUT2D eigenvalue weighted by Gasteiger charge is 2.22. The number of nitrogen functional groups attached to an aromatic ring is 1. The second-order valence-corrected chi connectivity index (χ2v) is 3.32. The number of aliphatic hydroxyl groups excluding tert-OH is 2. The van der Waals surface area contributed by atoms with Crippen LogP contribution in [0.4, 0.5) is 14.5 Å². The minimum Gasteiger partial charge on any atom is -0.396 e. The summed E-state index contributed by atoms with van der Waals surface area (Å²) in [6.45, 7) is -0.435. The number of halogens is 2. The van der Waals surface area contributed by atoms with E-state index < -0.39 is 36.1 Å². The van der Waals surface area contributed by atoms with Gasteiger partial charge in [-0.25, -0.2) is 8.78 Å². The van der Waals surface area contributed by atoms with E-state index in [0.29, 0.717) is 6.07 Å². The Kier molecular flexibility index (Phi) is 4.22. The van der Waals surface area contributed by atoms with E-state index in [1.807, 2.05) is 0 Å². The molecule has 92 valence electrons. The number of anilines is 1. The molecule has 1 rings (SSSR count). The zero-order chi connectivity index (χ0) is 13.0. The van der Waals surface area contributed by atoms with Crippen molar-refractivity contribution >= 4 is 5.69 Å². The van der Waals surface area contributed by atoms with E-state index in [2.05, 4.69) is 10.0 Å². The van der Waals surface area contributed by atoms with Crippen molar-refractivity contribution in [2.75, 3.05) is 12.3 Å². The fourth-order valence-corrected chi connectivity index (χ4v) is 1.28. The van der Waals surface area contributed by atoms with Gasteiger partial charge in [0.1, 0.15) is 17.7 Å². The summed E-state index contributed by atoms with van der Waals surface area (Å²) in [5, 5.41) is 22.0. The van der Waals surface area contributed by atoms with E-state index in [1.165, 1.54) is 0 Å². The van der Waals surface area contributed by atoms with Crippen LogP contribution in [-0.4, -0.2) is 22.9 Å². The van der Waals surface area contributed by atoms with Crippen LogP contribution < -0.4 is 5.73 Å². The van der Waals surface area contributed by atoms with E-state index in [9.17, 15) is 19.0 Å². The predicted octanol–water partition coefficient (Wildman–Crippen LogP) is 1.25. The predicted molar refractivity (Wildman–Crippen MR) is 55.8 cm³/mol. The Balaban J connectivity index is 3.02. The molecule has 0 saturated carbocycles. The molecule has 0 saturated heterocycles. The molecular weight excluding hydrogens is 234 g/mol. The summed E-state index contributed by atoms with van der Waals surface area (Å²) in [4.78, 5) is 2.38. The Hall–Kier alpha value is -1.89. The lowest BCUT2D eigenvalue weighted by Gasteiger charge is -2.18. The maximum Gasteiger partial charge on any atom is 0.149 e. The monoisotopic (exact) mass is 244 g/mol. The molecule has 0 spiro atoms. The zero-order valence-electron chi connectivity index (χ0n) is 8.59. The maximum atomic E-state index is 13.1. The Labute approximate surface area is 94.9 Å². The highest BCUT2D eigenvalue weighted by atomic mass is 19.1. The summed E-state index contributed by atoms with van der Waals surface area (Å²) in [5.41, 5.74) is 12.6. The van der Waals surface area contributed by atoms with Crippen LogP contribution >= 0.6 is 0 Å². The second-order valence-electron chi connectivity index (χ2n) is 3.32. The van der Waals surface area contributed by atoms with Gasteiger partial charge in [-0.05, 0) is 11.6 Å². The Morgan fingerprint density at radius 2 is 2.06 bits per heavy atom. The molecule has 2 atom stereocenters. The molecule has 0 aromatic heterocycles. The normalized spacial score (nSPS) is 13.9. The summed E-state index contributed by atoms with van der Waals surface area (Å²) in [6.07, 6.45) is -3.12. The van der Waals surface area contributed by atoms with Gasteiger partial charge in [-0.1, -0.05) is 5.11 Å². The van der Waals surface area contributed by atoms with E-state index >= 15 is 0 Å². The lowest BCUT2D eigenvalue weighted by Crippen LogP contribution is -2.22. The molecule has 1 aromatic carbocycles. The highest BCUT2D eigenvalue weighted by molar-refractivity contribution is 5.49. The zero-order valence-corrected chi connectivity index (χ0v) is 8.59. The summed E-state index contributed by atoms with van der Waals surface area (Å²) in [6, 6.07) is 1.37. The van der Waals surface area contributed by atoms with Crippen LogP contribution in [0.25, 0.3) is 10.4 Å². The first-order chi connectivity index (χ1) is 7.97. The molecule has 0 radical (unpaired) electrons. The fourth-order valence-electron chi connectivity index (χ4n) is 1.28. The van der Waals surface area contributed by atoms with Crippen molar-refractivity contribution < 1.29 is 19.0 Å². The van der Waals surface area contributed by atoms with Crippen LogP contribution in [0.5, 0.6) is 0 Å². The average Bonchev–Trinajstić information content (AvgIpc) is 2.29. The molecule has 0 aliphatic rings. The van der Waals surface area contributed by atoms with Gasteiger partial charge in [0.25, 0.3) is 0 Å². The molecule has 8 heteroatoms. The first-order valence-corrected chi connectivity index (χ1v) is 4.58. The molecular formula is C9H10F2N4O2. The van der Waals surface area contributed by atoms with Gasteiger partial charge in [0.05, 0.1) is 18.3 Å². The number of benzene rings is 1. The van der Waals surface area contributed by atoms with Crippen molar-refractivity contribution in [1.29, 1.82) is 0 Å². The number of hydrogen-bond acceptors (Lipinski definition) is 4. The Morgan fingerprint density at radius 3 is 2.65 bits per heavy atom. The lowest BCUT2D eigenvalue weighted by atomic mass is 10.0. The van der Waals surface area contributed by atoms with Gasteiger partial charge in [-0.2, -0.15) is 0 Å².